The minimum absolute atomic E-state index is 0.457. The van der Waals surface area contributed by atoms with E-state index in [0.29, 0.717) is 11.5 Å². The first-order chi connectivity index (χ1) is 11.3. The quantitative estimate of drug-likeness (QED) is 0.510. The summed E-state index contributed by atoms with van der Waals surface area (Å²) in [7, 11) is 0. The van der Waals surface area contributed by atoms with Crippen LogP contribution in [0, 0.1) is 0 Å². The first-order valence-corrected chi connectivity index (χ1v) is 7.37. The molecule has 0 N–H and O–H groups in total. The van der Waals surface area contributed by atoms with E-state index in [-0.39, 0.29) is 0 Å². The van der Waals surface area contributed by atoms with Crippen LogP contribution in [0.4, 0.5) is 4.79 Å². The Balaban J connectivity index is 1.58. The fourth-order valence-corrected chi connectivity index (χ4v) is 2.21. The Bertz CT molecular complexity index is 750. The van der Waals surface area contributed by atoms with Crippen LogP contribution in [0.5, 0.6) is 11.5 Å². The molecule has 3 heteroatoms. The number of rotatable bonds is 4. The molecule has 0 amide bonds. The maximum absolute atomic E-state index is 11.7. The van der Waals surface area contributed by atoms with Crippen LogP contribution in [0.3, 0.4) is 0 Å². The lowest BCUT2D eigenvalue weighted by Gasteiger charge is -2.06. The highest BCUT2D eigenvalue weighted by molar-refractivity contribution is 5.67. The Kier molecular flexibility index (Phi) is 4.69. The molecule has 0 fully saturated rings. The Morgan fingerprint density at radius 3 is 1.70 bits per heavy atom. The van der Waals surface area contributed by atoms with E-state index in [0.717, 1.165) is 12.0 Å². The van der Waals surface area contributed by atoms with Crippen LogP contribution in [0.25, 0.3) is 0 Å². The van der Waals surface area contributed by atoms with Gasteiger partial charge in [-0.3, -0.25) is 0 Å². The van der Waals surface area contributed by atoms with Crippen LogP contribution in [0.1, 0.15) is 11.1 Å². The van der Waals surface area contributed by atoms with Crippen molar-refractivity contribution in [3.63, 3.8) is 0 Å². The van der Waals surface area contributed by atoms with Crippen LogP contribution in [-0.4, -0.2) is 6.16 Å². The summed E-state index contributed by atoms with van der Waals surface area (Å²) < 4.78 is 10.2. The zero-order chi connectivity index (χ0) is 15.9. The molecule has 3 nitrogen and oxygen atoms in total. The van der Waals surface area contributed by atoms with Crippen LogP contribution >= 0.6 is 0 Å². The molecule has 0 spiro atoms. The second-order valence-electron chi connectivity index (χ2n) is 5.07. The second kappa shape index (κ2) is 7.27. The lowest BCUT2D eigenvalue weighted by atomic mass is 10.1. The lowest BCUT2D eigenvalue weighted by molar-refractivity contribution is 0.152. The Labute approximate surface area is 135 Å². The number of hydrogen-bond donors (Lipinski definition) is 0. The summed E-state index contributed by atoms with van der Waals surface area (Å²) in [5.41, 5.74) is 2.39. The number of para-hydroxylation sites is 1. The molecule has 0 saturated heterocycles. The summed E-state index contributed by atoms with van der Waals surface area (Å²) in [5, 5.41) is 0. The molecule has 0 saturated carbocycles. The van der Waals surface area contributed by atoms with E-state index in [2.05, 4.69) is 12.1 Å². The largest absolute Gasteiger partial charge is 0.519 e. The average molecular weight is 304 g/mol. The molecule has 0 bridgehead atoms. The molecule has 0 unspecified atom stereocenters. The molecule has 0 heterocycles. The number of carbonyl (C=O) groups is 1. The SMILES string of the molecule is O=C(Oc1ccccc1)Oc1ccc(Cc2ccccc2)cc1. The summed E-state index contributed by atoms with van der Waals surface area (Å²) in [5.74, 6) is 0.918. The minimum atomic E-state index is -0.744. The van der Waals surface area contributed by atoms with Gasteiger partial charge in [-0.1, -0.05) is 60.7 Å². The molecule has 3 rings (SSSR count). The normalized spacial score (nSPS) is 10.1. The fourth-order valence-electron chi connectivity index (χ4n) is 2.21. The molecule has 114 valence electrons. The first kappa shape index (κ1) is 14.9. The maximum atomic E-state index is 11.7. The molecule has 0 atom stereocenters. The number of carbonyl (C=O) groups excluding carboxylic acids is 1. The van der Waals surface area contributed by atoms with Crippen molar-refractivity contribution in [2.45, 2.75) is 6.42 Å². The third-order valence-corrected chi connectivity index (χ3v) is 3.32. The lowest BCUT2D eigenvalue weighted by Crippen LogP contribution is -2.13. The van der Waals surface area contributed by atoms with Gasteiger partial charge in [-0.2, -0.15) is 0 Å². The summed E-state index contributed by atoms with van der Waals surface area (Å²) in [6.45, 7) is 0. The van der Waals surface area contributed by atoms with E-state index >= 15 is 0 Å². The van der Waals surface area contributed by atoms with Gasteiger partial charge in [0.05, 0.1) is 0 Å². The zero-order valence-electron chi connectivity index (χ0n) is 12.5. The minimum Gasteiger partial charge on any atom is -0.395 e. The summed E-state index contributed by atoms with van der Waals surface area (Å²) in [6, 6.07) is 26.5. The van der Waals surface area contributed by atoms with Crippen LogP contribution in [0.15, 0.2) is 84.9 Å². The van der Waals surface area contributed by atoms with Gasteiger partial charge < -0.3 is 9.47 Å². The Hall–Kier alpha value is -3.07. The first-order valence-electron chi connectivity index (χ1n) is 7.37. The smallest absolute Gasteiger partial charge is 0.395 e. The van der Waals surface area contributed by atoms with Gasteiger partial charge in [0.2, 0.25) is 0 Å². The number of ether oxygens (including phenoxy) is 2. The fraction of sp³-hybridized carbons (Fsp3) is 0.0500. The molecule has 3 aromatic rings. The molecule has 0 radical (unpaired) electrons. The van der Waals surface area contributed by atoms with Gasteiger partial charge in [-0.05, 0) is 41.8 Å². The van der Waals surface area contributed by atoms with Crippen LogP contribution in [0.2, 0.25) is 0 Å². The van der Waals surface area contributed by atoms with Gasteiger partial charge in [0.1, 0.15) is 11.5 Å². The van der Waals surface area contributed by atoms with E-state index in [4.69, 9.17) is 9.47 Å². The van der Waals surface area contributed by atoms with Crippen molar-refractivity contribution in [3.8, 4) is 11.5 Å². The predicted octanol–water partition coefficient (Wildman–Crippen LogP) is 4.86. The predicted molar refractivity (Wildman–Crippen MR) is 88.8 cm³/mol. The van der Waals surface area contributed by atoms with Gasteiger partial charge in [-0.25, -0.2) is 4.79 Å². The van der Waals surface area contributed by atoms with Crippen LogP contribution < -0.4 is 9.47 Å². The standard InChI is InChI=1S/C20H16O3/c21-20(22-18-9-5-2-6-10-18)23-19-13-11-17(12-14-19)15-16-7-3-1-4-8-16/h1-14H,15H2. The van der Waals surface area contributed by atoms with Crippen LogP contribution in [-0.2, 0) is 6.42 Å². The molecule has 0 aliphatic heterocycles. The molecule has 0 aliphatic carbocycles. The molecule has 3 aromatic carbocycles. The van der Waals surface area contributed by atoms with E-state index in [1.165, 1.54) is 5.56 Å². The van der Waals surface area contributed by atoms with Crippen molar-refractivity contribution in [1.29, 1.82) is 0 Å². The second-order valence-corrected chi connectivity index (χ2v) is 5.07. The van der Waals surface area contributed by atoms with Crippen molar-refractivity contribution in [3.05, 3.63) is 96.1 Å². The molecular weight excluding hydrogens is 288 g/mol. The zero-order valence-corrected chi connectivity index (χ0v) is 12.5. The van der Waals surface area contributed by atoms with Crippen molar-refractivity contribution in [1.82, 2.24) is 0 Å². The van der Waals surface area contributed by atoms with Gasteiger partial charge >= 0.3 is 6.16 Å². The molecule has 0 aliphatic rings. The average Bonchev–Trinajstić information content (AvgIpc) is 2.58. The Morgan fingerprint density at radius 1 is 0.609 bits per heavy atom. The summed E-state index contributed by atoms with van der Waals surface area (Å²) in [6.07, 6.45) is 0.0993. The van der Waals surface area contributed by atoms with Gasteiger partial charge in [0.15, 0.2) is 0 Å². The van der Waals surface area contributed by atoms with Gasteiger partial charge in [-0.15, -0.1) is 0 Å². The van der Waals surface area contributed by atoms with Crippen molar-refractivity contribution in [2.75, 3.05) is 0 Å². The van der Waals surface area contributed by atoms with Gasteiger partial charge in [0, 0.05) is 0 Å². The van der Waals surface area contributed by atoms with Crippen molar-refractivity contribution >= 4 is 6.16 Å². The van der Waals surface area contributed by atoms with Gasteiger partial charge in [0.25, 0.3) is 0 Å². The number of hydrogen-bond acceptors (Lipinski definition) is 3. The summed E-state index contributed by atoms with van der Waals surface area (Å²) in [4.78, 5) is 11.7. The molecule has 23 heavy (non-hydrogen) atoms. The monoisotopic (exact) mass is 304 g/mol. The topological polar surface area (TPSA) is 35.5 Å². The Morgan fingerprint density at radius 2 is 1.09 bits per heavy atom. The highest BCUT2D eigenvalue weighted by Crippen LogP contribution is 2.17. The van der Waals surface area contributed by atoms with E-state index in [1.54, 1.807) is 36.4 Å². The molecule has 0 aromatic heterocycles. The maximum Gasteiger partial charge on any atom is 0.519 e. The number of benzene rings is 3. The third kappa shape index (κ3) is 4.45. The third-order valence-electron chi connectivity index (χ3n) is 3.32. The van der Waals surface area contributed by atoms with E-state index in [9.17, 15) is 4.79 Å². The highest BCUT2D eigenvalue weighted by Gasteiger charge is 2.07. The molecular formula is C20H16O3. The highest BCUT2D eigenvalue weighted by atomic mass is 16.7. The summed E-state index contributed by atoms with van der Waals surface area (Å²) >= 11 is 0. The van der Waals surface area contributed by atoms with E-state index in [1.807, 2.05) is 36.4 Å². The van der Waals surface area contributed by atoms with Crippen molar-refractivity contribution < 1.29 is 14.3 Å². The van der Waals surface area contributed by atoms with Crippen molar-refractivity contribution in [2.24, 2.45) is 0 Å². The van der Waals surface area contributed by atoms with E-state index < -0.39 is 6.16 Å².